The number of nitrogens with one attached hydrogen (secondary N) is 1. The van der Waals surface area contributed by atoms with Crippen LogP contribution >= 0.6 is 23.4 Å². The molecule has 0 aliphatic rings. The van der Waals surface area contributed by atoms with E-state index in [4.69, 9.17) is 16.7 Å². The molecular formula is C14H22ClNOS. The quantitative estimate of drug-likeness (QED) is 0.752. The van der Waals surface area contributed by atoms with Gasteiger partial charge in [0.2, 0.25) is 0 Å². The van der Waals surface area contributed by atoms with Crippen molar-refractivity contribution in [2.24, 2.45) is 5.92 Å². The van der Waals surface area contributed by atoms with E-state index in [0.717, 1.165) is 17.3 Å². The summed E-state index contributed by atoms with van der Waals surface area (Å²) in [7, 11) is 0. The number of benzene rings is 1. The number of halogens is 1. The number of thioether (sulfide) groups is 1. The fraction of sp³-hybridized carbons (Fsp3) is 0.571. The Balaban J connectivity index is 2.69. The molecule has 1 aromatic rings. The van der Waals surface area contributed by atoms with Gasteiger partial charge in [0.05, 0.1) is 0 Å². The lowest BCUT2D eigenvalue weighted by molar-refractivity contribution is 0.250. The lowest BCUT2D eigenvalue weighted by Gasteiger charge is -2.14. The van der Waals surface area contributed by atoms with Gasteiger partial charge in [-0.2, -0.15) is 0 Å². The summed E-state index contributed by atoms with van der Waals surface area (Å²) < 4.78 is 0. The molecule has 0 saturated carbocycles. The molecule has 0 aliphatic heterocycles. The first-order chi connectivity index (χ1) is 8.52. The molecule has 1 aromatic carbocycles. The van der Waals surface area contributed by atoms with Crippen LogP contribution in [0.15, 0.2) is 23.1 Å². The van der Waals surface area contributed by atoms with Crippen molar-refractivity contribution in [2.45, 2.75) is 38.3 Å². The summed E-state index contributed by atoms with van der Waals surface area (Å²) in [6.45, 7) is 7.37. The molecule has 0 radical (unpaired) electrons. The number of aliphatic hydroxyl groups excluding tert-OH is 1. The van der Waals surface area contributed by atoms with Crippen LogP contribution in [0.2, 0.25) is 5.02 Å². The van der Waals surface area contributed by atoms with Crippen LogP contribution in [0, 0.1) is 5.92 Å². The van der Waals surface area contributed by atoms with E-state index in [-0.39, 0.29) is 6.61 Å². The Morgan fingerprint density at radius 1 is 1.33 bits per heavy atom. The summed E-state index contributed by atoms with van der Waals surface area (Å²) in [6.07, 6.45) is 0. The van der Waals surface area contributed by atoms with E-state index in [0.29, 0.717) is 12.0 Å². The molecule has 2 nitrogen and oxygen atoms in total. The number of hydrogen-bond acceptors (Lipinski definition) is 3. The van der Waals surface area contributed by atoms with Gasteiger partial charge in [-0.05, 0) is 29.7 Å². The molecule has 0 aromatic heterocycles. The zero-order valence-electron chi connectivity index (χ0n) is 11.2. The molecule has 0 bridgehead atoms. The van der Waals surface area contributed by atoms with Gasteiger partial charge < -0.3 is 10.4 Å². The summed E-state index contributed by atoms with van der Waals surface area (Å²) in [5.74, 6) is 1.24. The van der Waals surface area contributed by atoms with E-state index >= 15 is 0 Å². The minimum atomic E-state index is 0.236. The largest absolute Gasteiger partial charge is 0.396 e. The minimum absolute atomic E-state index is 0.236. The summed E-state index contributed by atoms with van der Waals surface area (Å²) in [4.78, 5) is 1.24. The molecule has 102 valence electrons. The highest BCUT2D eigenvalue weighted by Crippen LogP contribution is 2.27. The first kappa shape index (κ1) is 15.8. The molecule has 1 atom stereocenters. The molecule has 1 rings (SSSR count). The highest BCUT2D eigenvalue weighted by Gasteiger charge is 2.07. The zero-order valence-corrected chi connectivity index (χ0v) is 12.8. The van der Waals surface area contributed by atoms with Crippen LogP contribution in [0.25, 0.3) is 0 Å². The van der Waals surface area contributed by atoms with Crippen LogP contribution in [-0.4, -0.2) is 23.5 Å². The number of hydrogen-bond donors (Lipinski definition) is 2. The lowest BCUT2D eigenvalue weighted by atomic mass is 10.2. The van der Waals surface area contributed by atoms with Gasteiger partial charge in [0.1, 0.15) is 0 Å². The van der Waals surface area contributed by atoms with Crippen LogP contribution in [0.4, 0.5) is 0 Å². The maximum Gasteiger partial charge on any atom is 0.0464 e. The molecule has 0 heterocycles. The first-order valence-corrected chi connectivity index (χ1v) is 7.64. The van der Waals surface area contributed by atoms with Crippen LogP contribution < -0.4 is 5.32 Å². The first-order valence-electron chi connectivity index (χ1n) is 6.28. The zero-order chi connectivity index (χ0) is 13.5. The highest BCUT2D eigenvalue weighted by molar-refractivity contribution is 7.99. The maximum absolute atomic E-state index is 9.06. The van der Waals surface area contributed by atoms with Crippen LogP contribution in [0.1, 0.15) is 26.3 Å². The van der Waals surface area contributed by atoms with Crippen molar-refractivity contribution in [3.8, 4) is 0 Å². The third kappa shape index (κ3) is 5.61. The van der Waals surface area contributed by atoms with Gasteiger partial charge >= 0.3 is 0 Å². The summed E-state index contributed by atoms with van der Waals surface area (Å²) in [5.41, 5.74) is 1.23. The van der Waals surface area contributed by atoms with Crippen molar-refractivity contribution in [1.82, 2.24) is 5.32 Å². The van der Waals surface area contributed by atoms with Gasteiger partial charge in [0, 0.05) is 34.9 Å². The second-order valence-corrected chi connectivity index (χ2v) is 6.38. The molecule has 0 amide bonds. The Morgan fingerprint density at radius 3 is 2.67 bits per heavy atom. The predicted molar refractivity (Wildman–Crippen MR) is 80.4 cm³/mol. The maximum atomic E-state index is 9.06. The van der Waals surface area contributed by atoms with Crippen LogP contribution in [0.3, 0.4) is 0 Å². The van der Waals surface area contributed by atoms with Gasteiger partial charge in [-0.3, -0.25) is 0 Å². The van der Waals surface area contributed by atoms with E-state index in [1.54, 1.807) is 11.8 Å². The molecule has 0 saturated heterocycles. The standard InChI is InChI=1S/C14H22ClNOS/c1-10(2)16-7-12-6-13(15)4-5-14(12)18-9-11(3)8-17/h4-6,10-11,16-17H,7-9H2,1-3H3. The lowest BCUT2D eigenvalue weighted by Crippen LogP contribution is -2.22. The van der Waals surface area contributed by atoms with Crippen molar-refractivity contribution < 1.29 is 5.11 Å². The molecule has 0 spiro atoms. The average Bonchev–Trinajstić information content (AvgIpc) is 2.34. The fourth-order valence-corrected chi connectivity index (χ4v) is 2.67. The van der Waals surface area contributed by atoms with Gasteiger partial charge in [-0.1, -0.05) is 32.4 Å². The second kappa shape index (κ2) is 8.05. The summed E-state index contributed by atoms with van der Waals surface area (Å²) >= 11 is 7.83. The molecule has 0 fully saturated rings. The van der Waals surface area contributed by atoms with Crippen molar-refractivity contribution in [3.05, 3.63) is 28.8 Å². The molecule has 4 heteroatoms. The van der Waals surface area contributed by atoms with Crippen LogP contribution in [-0.2, 0) is 6.54 Å². The Morgan fingerprint density at radius 2 is 2.06 bits per heavy atom. The third-order valence-electron chi connectivity index (χ3n) is 2.56. The Hall–Kier alpha value is -0.220. The normalized spacial score (nSPS) is 13.0. The van der Waals surface area contributed by atoms with Gasteiger partial charge in [-0.15, -0.1) is 11.8 Å². The van der Waals surface area contributed by atoms with Crippen molar-refractivity contribution in [1.29, 1.82) is 0 Å². The topological polar surface area (TPSA) is 32.3 Å². The van der Waals surface area contributed by atoms with E-state index < -0.39 is 0 Å². The fourth-order valence-electron chi connectivity index (χ4n) is 1.43. The summed E-state index contributed by atoms with van der Waals surface area (Å²) in [5, 5.41) is 13.2. The van der Waals surface area contributed by atoms with Crippen molar-refractivity contribution >= 4 is 23.4 Å². The SMILES string of the molecule is CC(CO)CSc1ccc(Cl)cc1CNC(C)C. The van der Waals surface area contributed by atoms with Gasteiger partial charge in [0.15, 0.2) is 0 Å². The van der Waals surface area contributed by atoms with E-state index in [9.17, 15) is 0 Å². The average molecular weight is 288 g/mol. The number of aliphatic hydroxyl groups is 1. The molecule has 2 N–H and O–H groups in total. The number of rotatable bonds is 7. The van der Waals surface area contributed by atoms with Crippen molar-refractivity contribution in [2.75, 3.05) is 12.4 Å². The molecule has 0 aliphatic carbocycles. The summed E-state index contributed by atoms with van der Waals surface area (Å²) in [6, 6.07) is 6.46. The van der Waals surface area contributed by atoms with Gasteiger partial charge in [-0.25, -0.2) is 0 Å². The third-order valence-corrected chi connectivity index (χ3v) is 4.24. The van der Waals surface area contributed by atoms with Crippen molar-refractivity contribution in [3.63, 3.8) is 0 Å². The Bertz CT molecular complexity index is 371. The minimum Gasteiger partial charge on any atom is -0.396 e. The van der Waals surface area contributed by atoms with E-state index in [1.165, 1.54) is 10.5 Å². The molecule has 18 heavy (non-hydrogen) atoms. The Labute approximate surface area is 119 Å². The predicted octanol–water partition coefficient (Wildman–Crippen LogP) is 3.56. The van der Waals surface area contributed by atoms with Gasteiger partial charge in [0.25, 0.3) is 0 Å². The Kier molecular flexibility index (Phi) is 7.08. The van der Waals surface area contributed by atoms with E-state index in [1.807, 2.05) is 12.1 Å². The highest BCUT2D eigenvalue weighted by atomic mass is 35.5. The molecule has 1 unspecified atom stereocenters. The monoisotopic (exact) mass is 287 g/mol. The molecular weight excluding hydrogens is 266 g/mol. The van der Waals surface area contributed by atoms with E-state index in [2.05, 4.69) is 32.2 Å². The van der Waals surface area contributed by atoms with Crippen LogP contribution in [0.5, 0.6) is 0 Å². The smallest absolute Gasteiger partial charge is 0.0464 e. The second-order valence-electron chi connectivity index (χ2n) is 4.89.